The third-order valence-electron chi connectivity index (χ3n) is 4.47. The lowest BCUT2D eigenvalue weighted by Gasteiger charge is -2.33. The van der Waals surface area contributed by atoms with Crippen LogP contribution in [-0.4, -0.2) is 48.6 Å². The predicted octanol–water partition coefficient (Wildman–Crippen LogP) is 2.42. The molecule has 4 rings (SSSR count). The first-order valence-electron chi connectivity index (χ1n) is 8.34. The molecule has 0 amide bonds. The highest BCUT2D eigenvalue weighted by Crippen LogP contribution is 2.27. The largest absolute Gasteiger partial charge is 0.480 e. The predicted molar refractivity (Wildman–Crippen MR) is 92.7 cm³/mol. The van der Waals surface area contributed by atoms with E-state index in [0.29, 0.717) is 30.0 Å². The van der Waals surface area contributed by atoms with Gasteiger partial charge in [-0.2, -0.15) is 0 Å². The van der Waals surface area contributed by atoms with Crippen LogP contribution in [-0.2, 0) is 4.79 Å². The third-order valence-corrected chi connectivity index (χ3v) is 4.47. The smallest absolute Gasteiger partial charge is 0.322 e. The molecule has 0 saturated carbocycles. The summed E-state index contributed by atoms with van der Waals surface area (Å²) in [5.74, 6) is -1.28. The summed E-state index contributed by atoms with van der Waals surface area (Å²) in [5, 5.41) is 11.7. The van der Waals surface area contributed by atoms with Gasteiger partial charge in [0.1, 0.15) is 11.7 Å². The number of hydrazine groups is 1. The number of nitrogens with zero attached hydrogens (tertiary/aromatic N) is 4. The number of pyridine rings is 1. The van der Waals surface area contributed by atoms with Gasteiger partial charge in [-0.1, -0.05) is 0 Å². The molecule has 9 heteroatoms. The molecule has 0 aliphatic carbocycles. The van der Waals surface area contributed by atoms with Gasteiger partial charge in [0.15, 0.2) is 17.5 Å². The zero-order valence-electron chi connectivity index (χ0n) is 13.8. The number of carbonyl (C=O) groups is 1. The molecular weight excluding hydrogens is 339 g/mol. The lowest BCUT2D eigenvalue weighted by Crippen LogP contribution is -2.48. The number of hydrogen-bond acceptors (Lipinski definition) is 6. The highest BCUT2D eigenvalue weighted by atomic mass is 19.1. The van der Waals surface area contributed by atoms with E-state index in [-0.39, 0.29) is 5.82 Å². The topological polar surface area (TPSA) is 107 Å². The molecule has 4 heterocycles. The fraction of sp³-hybridized carbons (Fsp3) is 0.294. The van der Waals surface area contributed by atoms with Gasteiger partial charge in [0.2, 0.25) is 0 Å². The quantitative estimate of drug-likeness (QED) is 0.659. The highest BCUT2D eigenvalue weighted by molar-refractivity contribution is 5.91. The summed E-state index contributed by atoms with van der Waals surface area (Å²) in [7, 11) is 0. The summed E-state index contributed by atoms with van der Waals surface area (Å²) in [6.45, 7) is 0.507. The zero-order valence-corrected chi connectivity index (χ0v) is 13.8. The molecular formula is C17H17FN6O2. The van der Waals surface area contributed by atoms with Gasteiger partial charge in [-0.05, 0) is 31.4 Å². The van der Waals surface area contributed by atoms with Crippen molar-refractivity contribution in [1.82, 2.24) is 24.9 Å². The molecule has 3 N–H and O–H groups in total. The number of halogens is 1. The van der Waals surface area contributed by atoms with Crippen molar-refractivity contribution in [3.63, 3.8) is 0 Å². The standard InChI is InChI=1S/C17H17FN6O2/c18-12-9-21-15(11-8-20-14-10(11)4-3-6-19-14)22-16(12)23-24-7-2-1-5-13(24)17(25)26/h3-4,6,8-9,13H,1-2,5,7H2,(H,19,20)(H,25,26)(H,21,22,23). The Bertz CT molecular complexity index is 959. The number of aromatic nitrogens is 4. The molecule has 1 aliphatic rings. The average molecular weight is 356 g/mol. The monoisotopic (exact) mass is 356 g/mol. The van der Waals surface area contributed by atoms with E-state index in [1.807, 2.05) is 6.07 Å². The number of aliphatic carboxylic acids is 1. The van der Waals surface area contributed by atoms with E-state index in [4.69, 9.17) is 0 Å². The highest BCUT2D eigenvalue weighted by Gasteiger charge is 2.29. The van der Waals surface area contributed by atoms with Crippen LogP contribution in [0, 0.1) is 5.82 Å². The number of carboxylic acids is 1. The summed E-state index contributed by atoms with van der Waals surface area (Å²) < 4.78 is 14.2. The summed E-state index contributed by atoms with van der Waals surface area (Å²) >= 11 is 0. The Balaban J connectivity index is 1.67. The number of anilines is 1. The van der Waals surface area contributed by atoms with E-state index in [0.717, 1.165) is 24.4 Å². The molecule has 1 aliphatic heterocycles. The van der Waals surface area contributed by atoms with E-state index in [1.165, 1.54) is 5.01 Å². The first kappa shape index (κ1) is 16.4. The molecule has 1 unspecified atom stereocenters. The van der Waals surface area contributed by atoms with Gasteiger partial charge in [-0.25, -0.2) is 24.4 Å². The van der Waals surface area contributed by atoms with Crippen LogP contribution in [0.4, 0.5) is 10.2 Å². The van der Waals surface area contributed by atoms with Gasteiger partial charge in [0.05, 0.1) is 6.20 Å². The molecule has 3 aromatic heterocycles. The zero-order chi connectivity index (χ0) is 18.1. The fourth-order valence-electron chi connectivity index (χ4n) is 3.17. The molecule has 26 heavy (non-hydrogen) atoms. The summed E-state index contributed by atoms with van der Waals surface area (Å²) in [6.07, 6.45) is 6.65. The molecule has 0 radical (unpaired) electrons. The van der Waals surface area contributed by atoms with Crippen LogP contribution in [0.1, 0.15) is 19.3 Å². The van der Waals surface area contributed by atoms with Crippen molar-refractivity contribution in [3.05, 3.63) is 36.5 Å². The normalized spacial score (nSPS) is 18.1. The van der Waals surface area contributed by atoms with Gasteiger partial charge in [-0.15, -0.1) is 0 Å². The minimum Gasteiger partial charge on any atom is -0.480 e. The number of rotatable bonds is 4. The molecule has 1 saturated heterocycles. The number of fused-ring (bicyclic) bond motifs is 1. The van der Waals surface area contributed by atoms with Crippen LogP contribution in [0.15, 0.2) is 30.7 Å². The van der Waals surface area contributed by atoms with Crippen molar-refractivity contribution in [1.29, 1.82) is 0 Å². The van der Waals surface area contributed by atoms with Crippen molar-refractivity contribution in [3.8, 4) is 11.4 Å². The van der Waals surface area contributed by atoms with E-state index in [1.54, 1.807) is 18.5 Å². The van der Waals surface area contributed by atoms with E-state index in [9.17, 15) is 14.3 Å². The van der Waals surface area contributed by atoms with Gasteiger partial charge >= 0.3 is 5.97 Å². The van der Waals surface area contributed by atoms with Gasteiger partial charge in [-0.3, -0.25) is 10.2 Å². The maximum absolute atomic E-state index is 14.2. The summed E-state index contributed by atoms with van der Waals surface area (Å²) in [4.78, 5) is 27.0. The molecule has 8 nitrogen and oxygen atoms in total. The minimum absolute atomic E-state index is 0.0404. The SMILES string of the molecule is O=C(O)C1CCCCN1Nc1nc(-c2c[nH]c3ncccc23)ncc1F. The van der Waals surface area contributed by atoms with Crippen LogP contribution >= 0.6 is 0 Å². The molecule has 1 fully saturated rings. The summed E-state index contributed by atoms with van der Waals surface area (Å²) in [5.41, 5.74) is 4.22. The molecule has 0 aromatic carbocycles. The van der Waals surface area contributed by atoms with E-state index >= 15 is 0 Å². The second-order valence-corrected chi connectivity index (χ2v) is 6.15. The minimum atomic E-state index is -0.936. The average Bonchev–Trinajstić information content (AvgIpc) is 3.08. The Hall–Kier alpha value is -3.07. The number of hydrogen-bond donors (Lipinski definition) is 3. The maximum atomic E-state index is 14.2. The Kier molecular flexibility index (Phi) is 4.21. The fourth-order valence-corrected chi connectivity index (χ4v) is 3.17. The van der Waals surface area contributed by atoms with Crippen LogP contribution in [0.25, 0.3) is 22.4 Å². The van der Waals surface area contributed by atoms with Gasteiger partial charge < -0.3 is 10.1 Å². The van der Waals surface area contributed by atoms with Crippen LogP contribution in [0.2, 0.25) is 0 Å². The number of piperidine rings is 1. The molecule has 134 valence electrons. The number of carboxylic acid groups (broad SMARTS) is 1. The number of H-pyrrole nitrogens is 1. The Morgan fingerprint density at radius 3 is 3.12 bits per heavy atom. The second kappa shape index (κ2) is 6.68. The molecule has 0 spiro atoms. The van der Waals surface area contributed by atoms with E-state index < -0.39 is 17.8 Å². The summed E-state index contributed by atoms with van der Waals surface area (Å²) in [6, 6.07) is 2.96. The van der Waals surface area contributed by atoms with Crippen LogP contribution in [0.5, 0.6) is 0 Å². The van der Waals surface area contributed by atoms with Crippen LogP contribution in [0.3, 0.4) is 0 Å². The second-order valence-electron chi connectivity index (χ2n) is 6.15. The van der Waals surface area contributed by atoms with Crippen LogP contribution < -0.4 is 5.43 Å². The molecule has 0 bridgehead atoms. The Morgan fingerprint density at radius 2 is 2.27 bits per heavy atom. The maximum Gasteiger partial charge on any atom is 0.322 e. The number of nitrogens with one attached hydrogen (secondary N) is 2. The van der Waals surface area contributed by atoms with E-state index in [2.05, 4.69) is 25.4 Å². The van der Waals surface area contributed by atoms with Gasteiger partial charge in [0.25, 0.3) is 0 Å². The van der Waals surface area contributed by atoms with Crippen molar-refractivity contribution in [2.24, 2.45) is 0 Å². The third kappa shape index (κ3) is 2.97. The lowest BCUT2D eigenvalue weighted by molar-refractivity contribution is -0.143. The Morgan fingerprint density at radius 1 is 1.38 bits per heavy atom. The Labute approximate surface area is 148 Å². The van der Waals surface area contributed by atoms with Crippen molar-refractivity contribution >= 4 is 22.8 Å². The lowest BCUT2D eigenvalue weighted by atomic mass is 10.0. The molecule has 1 atom stereocenters. The number of aromatic amines is 1. The van der Waals surface area contributed by atoms with Gasteiger partial charge in [0, 0.05) is 29.9 Å². The first-order chi connectivity index (χ1) is 12.6. The van der Waals surface area contributed by atoms with Crippen molar-refractivity contribution in [2.75, 3.05) is 12.0 Å². The van der Waals surface area contributed by atoms with Crippen molar-refractivity contribution < 1.29 is 14.3 Å². The molecule has 3 aromatic rings. The first-order valence-corrected chi connectivity index (χ1v) is 8.34. The van der Waals surface area contributed by atoms with Crippen molar-refractivity contribution in [2.45, 2.75) is 25.3 Å².